The third-order valence-electron chi connectivity index (χ3n) is 2.20. The molecular weight excluding hydrogens is 176 g/mol. The summed E-state index contributed by atoms with van der Waals surface area (Å²) in [5, 5.41) is 1.11. The van der Waals surface area contributed by atoms with E-state index in [9.17, 15) is 0 Å². The molecule has 0 spiro atoms. The Balaban J connectivity index is 2.52. The van der Waals surface area contributed by atoms with Crippen LogP contribution in [0.5, 0.6) is 0 Å². The van der Waals surface area contributed by atoms with E-state index in [2.05, 4.69) is 4.90 Å². The van der Waals surface area contributed by atoms with Gasteiger partial charge in [0.2, 0.25) is 0 Å². The van der Waals surface area contributed by atoms with Crippen molar-refractivity contribution in [3.63, 3.8) is 0 Å². The summed E-state index contributed by atoms with van der Waals surface area (Å²) in [7, 11) is 4.07. The van der Waals surface area contributed by atoms with E-state index in [1.54, 1.807) is 6.26 Å². The molecule has 2 aromatic rings. The lowest BCUT2D eigenvalue weighted by Crippen LogP contribution is -2.09. The molecule has 1 heterocycles. The number of benzene rings is 1. The van der Waals surface area contributed by atoms with E-state index in [1.165, 1.54) is 5.56 Å². The largest absolute Gasteiger partial charge is 0.462 e. The minimum Gasteiger partial charge on any atom is -0.462 e. The zero-order valence-corrected chi connectivity index (χ0v) is 8.45. The van der Waals surface area contributed by atoms with Crippen LogP contribution in [-0.4, -0.2) is 19.0 Å². The molecule has 1 aromatic carbocycles. The second-order valence-electron chi connectivity index (χ2n) is 3.72. The standard InChI is InChI=1S/C11H14N2O/c1-13(2)6-8-7-14-11-9(8)4-3-5-10(11)12/h3-5,7H,6,12H2,1-2H3. The predicted molar refractivity (Wildman–Crippen MR) is 58.0 cm³/mol. The van der Waals surface area contributed by atoms with Gasteiger partial charge in [0.25, 0.3) is 0 Å². The first-order chi connectivity index (χ1) is 6.68. The number of nitrogens with two attached hydrogens (primary N) is 1. The molecule has 1 aromatic heterocycles. The molecule has 3 nitrogen and oxygen atoms in total. The summed E-state index contributed by atoms with van der Waals surface area (Å²) in [5.74, 6) is 0. The summed E-state index contributed by atoms with van der Waals surface area (Å²) >= 11 is 0. The predicted octanol–water partition coefficient (Wildman–Crippen LogP) is 2.08. The second kappa shape index (κ2) is 3.35. The average molecular weight is 190 g/mol. The van der Waals surface area contributed by atoms with Crippen molar-refractivity contribution in [2.75, 3.05) is 19.8 Å². The zero-order valence-electron chi connectivity index (χ0n) is 8.45. The molecule has 2 rings (SSSR count). The van der Waals surface area contributed by atoms with Crippen LogP contribution < -0.4 is 5.73 Å². The third kappa shape index (κ3) is 1.46. The number of nitrogens with zero attached hydrogens (tertiary/aromatic N) is 1. The maximum Gasteiger partial charge on any atom is 0.157 e. The van der Waals surface area contributed by atoms with Gasteiger partial charge in [-0.1, -0.05) is 12.1 Å². The number of rotatable bonds is 2. The van der Waals surface area contributed by atoms with Crippen molar-refractivity contribution in [3.05, 3.63) is 30.0 Å². The van der Waals surface area contributed by atoms with Crippen LogP contribution in [0.15, 0.2) is 28.9 Å². The lowest BCUT2D eigenvalue weighted by Gasteiger charge is -2.06. The van der Waals surface area contributed by atoms with Crippen LogP contribution in [0.4, 0.5) is 5.69 Å². The molecule has 0 aliphatic rings. The number of hydrogen-bond donors (Lipinski definition) is 1. The Bertz CT molecular complexity index is 445. The fourth-order valence-electron chi connectivity index (χ4n) is 1.60. The Labute approximate surface area is 83.1 Å². The van der Waals surface area contributed by atoms with Crippen LogP contribution in [0.2, 0.25) is 0 Å². The summed E-state index contributed by atoms with van der Waals surface area (Å²) in [6.45, 7) is 0.871. The summed E-state index contributed by atoms with van der Waals surface area (Å²) in [6, 6.07) is 5.84. The van der Waals surface area contributed by atoms with Gasteiger partial charge in [0, 0.05) is 17.5 Å². The number of furan rings is 1. The maximum atomic E-state index is 5.79. The first-order valence-corrected chi connectivity index (χ1v) is 4.58. The van der Waals surface area contributed by atoms with E-state index in [0.29, 0.717) is 5.69 Å². The molecule has 0 saturated heterocycles. The molecule has 3 heteroatoms. The zero-order chi connectivity index (χ0) is 10.1. The van der Waals surface area contributed by atoms with Crippen molar-refractivity contribution in [2.24, 2.45) is 0 Å². The Morgan fingerprint density at radius 1 is 1.36 bits per heavy atom. The van der Waals surface area contributed by atoms with Gasteiger partial charge >= 0.3 is 0 Å². The minimum atomic E-state index is 0.701. The number of hydrogen-bond acceptors (Lipinski definition) is 3. The molecule has 0 atom stereocenters. The van der Waals surface area contributed by atoms with Gasteiger partial charge in [-0.05, 0) is 20.2 Å². The number of para-hydroxylation sites is 1. The first-order valence-electron chi connectivity index (χ1n) is 4.58. The molecule has 0 aliphatic carbocycles. The van der Waals surface area contributed by atoms with Crippen molar-refractivity contribution < 1.29 is 4.42 Å². The number of nitrogen functional groups attached to an aromatic ring is 1. The van der Waals surface area contributed by atoms with Gasteiger partial charge in [-0.15, -0.1) is 0 Å². The van der Waals surface area contributed by atoms with Gasteiger partial charge in [-0.2, -0.15) is 0 Å². The second-order valence-corrected chi connectivity index (χ2v) is 3.72. The lowest BCUT2D eigenvalue weighted by atomic mass is 10.1. The Kier molecular flexibility index (Phi) is 2.17. The normalized spacial score (nSPS) is 11.4. The Morgan fingerprint density at radius 3 is 2.86 bits per heavy atom. The third-order valence-corrected chi connectivity index (χ3v) is 2.20. The average Bonchev–Trinajstić information content (AvgIpc) is 2.49. The van der Waals surface area contributed by atoms with Crippen LogP contribution in [0.1, 0.15) is 5.56 Å². The minimum absolute atomic E-state index is 0.701. The molecule has 0 aliphatic heterocycles. The quantitative estimate of drug-likeness (QED) is 0.737. The highest BCUT2D eigenvalue weighted by Gasteiger charge is 2.07. The van der Waals surface area contributed by atoms with Gasteiger partial charge in [0.05, 0.1) is 12.0 Å². The molecule has 0 saturated carbocycles. The van der Waals surface area contributed by atoms with Gasteiger partial charge in [0.1, 0.15) is 0 Å². The van der Waals surface area contributed by atoms with E-state index < -0.39 is 0 Å². The van der Waals surface area contributed by atoms with Crippen molar-refractivity contribution in [3.8, 4) is 0 Å². The van der Waals surface area contributed by atoms with E-state index in [0.717, 1.165) is 17.5 Å². The van der Waals surface area contributed by atoms with Crippen molar-refractivity contribution >= 4 is 16.7 Å². The van der Waals surface area contributed by atoms with Crippen LogP contribution >= 0.6 is 0 Å². The number of anilines is 1. The first kappa shape index (κ1) is 9.09. The molecular formula is C11H14N2O. The molecule has 0 bridgehead atoms. The smallest absolute Gasteiger partial charge is 0.157 e. The summed E-state index contributed by atoms with van der Waals surface area (Å²) in [4.78, 5) is 2.10. The van der Waals surface area contributed by atoms with E-state index in [-0.39, 0.29) is 0 Å². The lowest BCUT2D eigenvalue weighted by molar-refractivity contribution is 0.401. The van der Waals surface area contributed by atoms with Crippen molar-refractivity contribution in [1.82, 2.24) is 4.90 Å². The van der Waals surface area contributed by atoms with Crippen LogP contribution in [0, 0.1) is 0 Å². The highest BCUT2D eigenvalue weighted by molar-refractivity contribution is 5.90. The van der Waals surface area contributed by atoms with Gasteiger partial charge in [-0.25, -0.2) is 0 Å². The fourth-order valence-corrected chi connectivity index (χ4v) is 1.60. The summed E-state index contributed by atoms with van der Waals surface area (Å²) in [5.41, 5.74) is 8.47. The van der Waals surface area contributed by atoms with E-state index in [4.69, 9.17) is 10.2 Å². The summed E-state index contributed by atoms with van der Waals surface area (Å²) in [6.07, 6.45) is 1.78. The highest BCUT2D eigenvalue weighted by Crippen LogP contribution is 2.26. The number of fused-ring (bicyclic) bond motifs is 1. The van der Waals surface area contributed by atoms with Crippen molar-refractivity contribution in [2.45, 2.75) is 6.54 Å². The molecule has 74 valence electrons. The molecule has 14 heavy (non-hydrogen) atoms. The van der Waals surface area contributed by atoms with Gasteiger partial charge < -0.3 is 15.1 Å². The van der Waals surface area contributed by atoms with E-state index >= 15 is 0 Å². The van der Waals surface area contributed by atoms with Crippen LogP contribution in [-0.2, 0) is 6.54 Å². The molecule has 0 radical (unpaired) electrons. The van der Waals surface area contributed by atoms with Crippen molar-refractivity contribution in [1.29, 1.82) is 0 Å². The Hall–Kier alpha value is -1.48. The molecule has 2 N–H and O–H groups in total. The van der Waals surface area contributed by atoms with Gasteiger partial charge in [0.15, 0.2) is 5.58 Å². The molecule has 0 fully saturated rings. The Morgan fingerprint density at radius 2 is 2.14 bits per heavy atom. The maximum absolute atomic E-state index is 5.79. The molecule has 0 unspecified atom stereocenters. The molecule has 0 amide bonds. The van der Waals surface area contributed by atoms with Crippen LogP contribution in [0.3, 0.4) is 0 Å². The topological polar surface area (TPSA) is 42.4 Å². The van der Waals surface area contributed by atoms with E-state index in [1.807, 2.05) is 32.3 Å². The van der Waals surface area contributed by atoms with Crippen LogP contribution in [0.25, 0.3) is 11.0 Å². The fraction of sp³-hybridized carbons (Fsp3) is 0.273. The highest BCUT2D eigenvalue weighted by atomic mass is 16.3. The monoisotopic (exact) mass is 190 g/mol. The van der Waals surface area contributed by atoms with Gasteiger partial charge in [-0.3, -0.25) is 0 Å². The summed E-state index contributed by atoms with van der Waals surface area (Å²) < 4.78 is 5.43. The SMILES string of the molecule is CN(C)Cc1coc2c(N)cccc12.